The van der Waals surface area contributed by atoms with Crippen molar-refractivity contribution in [2.75, 3.05) is 5.32 Å². The van der Waals surface area contributed by atoms with Crippen LogP contribution in [-0.2, 0) is 35.3 Å². The predicted molar refractivity (Wildman–Crippen MR) is 177 cm³/mol. The molecule has 0 bridgehead atoms. The van der Waals surface area contributed by atoms with Crippen molar-refractivity contribution in [3.63, 3.8) is 0 Å². The summed E-state index contributed by atoms with van der Waals surface area (Å²) >= 11 is 0. The molecule has 2 unspecified atom stereocenters. The Kier molecular flexibility index (Phi) is 12.0. The molecular formula is C34H41N5O10. The second-order valence-corrected chi connectivity index (χ2v) is 13.2. The largest absolute Gasteiger partial charge is 0.514 e. The fourth-order valence-corrected chi connectivity index (χ4v) is 5.32. The zero-order valence-corrected chi connectivity index (χ0v) is 28.4. The van der Waals surface area contributed by atoms with Gasteiger partial charge >= 0.3 is 6.16 Å². The molecule has 0 radical (unpaired) electrons. The van der Waals surface area contributed by atoms with Gasteiger partial charge in [0.25, 0.3) is 17.5 Å². The van der Waals surface area contributed by atoms with Gasteiger partial charge < -0.3 is 25.4 Å². The van der Waals surface area contributed by atoms with Crippen molar-refractivity contribution in [3.05, 3.63) is 76.4 Å². The first-order valence-corrected chi connectivity index (χ1v) is 15.5. The monoisotopic (exact) mass is 679 g/mol. The van der Waals surface area contributed by atoms with Crippen LogP contribution in [0.2, 0.25) is 0 Å². The van der Waals surface area contributed by atoms with Gasteiger partial charge in [0.2, 0.25) is 17.7 Å². The highest BCUT2D eigenvalue weighted by atomic mass is 16.7. The quantitative estimate of drug-likeness (QED) is 0.0860. The van der Waals surface area contributed by atoms with Gasteiger partial charge in [-0.1, -0.05) is 39.8 Å². The van der Waals surface area contributed by atoms with E-state index in [0.717, 1.165) is 4.90 Å². The van der Waals surface area contributed by atoms with E-state index in [1.54, 1.807) is 65.8 Å². The molecule has 1 aliphatic rings. The minimum atomic E-state index is -1.08. The Bertz CT molecular complexity index is 1610. The third-order valence-corrected chi connectivity index (χ3v) is 7.72. The molecule has 15 nitrogen and oxygen atoms in total. The lowest BCUT2D eigenvalue weighted by Gasteiger charge is -2.40. The first-order valence-electron chi connectivity index (χ1n) is 15.5. The van der Waals surface area contributed by atoms with Crippen molar-refractivity contribution in [2.24, 2.45) is 11.3 Å². The van der Waals surface area contributed by atoms with Crippen molar-refractivity contribution in [1.82, 2.24) is 15.5 Å². The van der Waals surface area contributed by atoms with Gasteiger partial charge in [0, 0.05) is 40.9 Å². The molecule has 0 saturated heterocycles. The summed E-state index contributed by atoms with van der Waals surface area (Å²) < 4.78 is 10.1. The summed E-state index contributed by atoms with van der Waals surface area (Å²) in [5, 5.41) is 18.8. The molecule has 3 N–H and O–H groups in total. The van der Waals surface area contributed by atoms with Gasteiger partial charge in [-0.25, -0.2) is 4.79 Å². The molecule has 1 heterocycles. The summed E-state index contributed by atoms with van der Waals surface area (Å²) in [5.74, 6) is -2.71. The number of nitrogens with one attached hydrogen (secondary N) is 3. The second-order valence-electron chi connectivity index (χ2n) is 13.2. The molecule has 0 aromatic heterocycles. The maximum absolute atomic E-state index is 13.4. The fraction of sp³-hybridized carbons (Fsp3) is 0.412. The van der Waals surface area contributed by atoms with E-state index in [1.165, 1.54) is 43.3 Å². The van der Waals surface area contributed by atoms with Crippen molar-refractivity contribution >= 4 is 47.1 Å². The van der Waals surface area contributed by atoms with Crippen LogP contribution in [0, 0.1) is 21.4 Å². The number of nitro groups is 1. The number of amides is 5. The van der Waals surface area contributed by atoms with Gasteiger partial charge in [-0.3, -0.25) is 39.0 Å². The Labute approximate surface area is 283 Å². The number of hydrogen-bond donors (Lipinski definition) is 3. The summed E-state index contributed by atoms with van der Waals surface area (Å²) in [6.07, 6.45) is 1.50. The number of ether oxygens (including phenoxy) is 2. The average molecular weight is 680 g/mol. The van der Waals surface area contributed by atoms with Gasteiger partial charge in [-0.2, -0.15) is 0 Å². The van der Waals surface area contributed by atoms with Crippen LogP contribution in [0.3, 0.4) is 0 Å². The number of carbonyl (C=O) groups is 6. The number of non-ortho nitro benzene ring substituents is 1. The van der Waals surface area contributed by atoms with Gasteiger partial charge in [0.05, 0.1) is 4.92 Å². The van der Waals surface area contributed by atoms with E-state index >= 15 is 0 Å². The summed E-state index contributed by atoms with van der Waals surface area (Å²) in [5.41, 5.74) is -1.22. The number of rotatable bonds is 14. The first kappa shape index (κ1) is 37.9. The SMILES string of the molecule is CC(NC(=O)C(NC(=O)C(C)(C)CC(C)(C)N1C(=O)C=CC1=O)C(C)C)C(=O)Nc1ccc(COC(=O)Oc2ccc([N+](=O)[O-])cc2)cc1. The number of nitrogens with zero attached hydrogens (tertiary/aromatic N) is 2. The van der Waals surface area contributed by atoms with E-state index < -0.39 is 63.7 Å². The highest BCUT2D eigenvalue weighted by Gasteiger charge is 2.44. The minimum absolute atomic E-state index is 0.0770. The lowest BCUT2D eigenvalue weighted by molar-refractivity contribution is -0.384. The molecular weight excluding hydrogens is 638 g/mol. The standard InChI is InChI=1S/C34H41N5O10/c1-20(2)28(37-31(44)33(4,5)19-34(6,7)38-26(40)16-17-27(38)41)30(43)35-21(3)29(42)36-23-10-8-22(9-11-23)18-48-32(45)49-25-14-12-24(13-15-25)39(46)47/h8-17,20-21,28H,18-19H2,1-7H3,(H,35,43)(H,36,42)(H,37,44). The highest BCUT2D eigenvalue weighted by molar-refractivity contribution is 6.13. The number of anilines is 1. The smallest absolute Gasteiger partial charge is 0.429 e. The topological polar surface area (TPSA) is 203 Å². The summed E-state index contributed by atoms with van der Waals surface area (Å²) in [7, 11) is 0. The van der Waals surface area contributed by atoms with Crippen molar-refractivity contribution in [2.45, 2.75) is 79.1 Å². The molecule has 1 aliphatic heterocycles. The van der Waals surface area contributed by atoms with Crippen LogP contribution < -0.4 is 20.7 Å². The maximum Gasteiger partial charge on any atom is 0.514 e. The van der Waals surface area contributed by atoms with Gasteiger partial charge in [-0.15, -0.1) is 0 Å². The van der Waals surface area contributed by atoms with Crippen molar-refractivity contribution in [1.29, 1.82) is 0 Å². The lowest BCUT2D eigenvalue weighted by Crippen LogP contribution is -2.57. The van der Waals surface area contributed by atoms with Crippen LogP contribution in [-0.4, -0.2) is 63.1 Å². The minimum Gasteiger partial charge on any atom is -0.429 e. The fourth-order valence-electron chi connectivity index (χ4n) is 5.32. The molecule has 0 spiro atoms. The average Bonchev–Trinajstić information content (AvgIpc) is 3.37. The Balaban J connectivity index is 1.51. The maximum atomic E-state index is 13.4. The third kappa shape index (κ3) is 10.2. The van der Waals surface area contributed by atoms with E-state index in [9.17, 15) is 38.9 Å². The Hall–Kier alpha value is -5.60. The Morgan fingerprint density at radius 2 is 1.43 bits per heavy atom. The molecule has 2 aromatic rings. The summed E-state index contributed by atoms with van der Waals surface area (Å²) in [4.78, 5) is 87.3. The van der Waals surface area contributed by atoms with Crippen LogP contribution in [0.15, 0.2) is 60.7 Å². The van der Waals surface area contributed by atoms with Crippen LogP contribution in [0.1, 0.15) is 60.5 Å². The predicted octanol–water partition coefficient (Wildman–Crippen LogP) is 4.01. The molecule has 0 saturated carbocycles. The molecule has 5 amide bonds. The van der Waals surface area contributed by atoms with Gasteiger partial charge in [0.1, 0.15) is 24.4 Å². The molecule has 2 atom stereocenters. The number of imide groups is 1. The molecule has 0 fully saturated rings. The molecule has 49 heavy (non-hydrogen) atoms. The van der Waals surface area contributed by atoms with E-state index in [2.05, 4.69) is 16.0 Å². The number of benzene rings is 2. The van der Waals surface area contributed by atoms with Crippen LogP contribution >= 0.6 is 0 Å². The zero-order chi connectivity index (χ0) is 36.7. The number of carbonyl (C=O) groups excluding carboxylic acids is 6. The van der Waals surface area contributed by atoms with Gasteiger partial charge in [-0.05, 0) is 62.9 Å². The van der Waals surface area contributed by atoms with Crippen LogP contribution in [0.25, 0.3) is 0 Å². The first-order chi connectivity index (χ1) is 22.8. The molecule has 262 valence electrons. The van der Waals surface area contributed by atoms with Crippen LogP contribution in [0.5, 0.6) is 5.75 Å². The normalized spacial score (nSPS) is 14.2. The van der Waals surface area contributed by atoms with Crippen LogP contribution in [0.4, 0.5) is 16.2 Å². The van der Waals surface area contributed by atoms with Crippen molar-refractivity contribution < 1.29 is 43.2 Å². The van der Waals surface area contributed by atoms with Crippen molar-refractivity contribution in [3.8, 4) is 5.75 Å². The second kappa shape index (κ2) is 15.5. The number of nitro benzene ring substituents is 1. The highest BCUT2D eigenvalue weighted by Crippen LogP contribution is 2.34. The van der Waals surface area contributed by atoms with E-state index in [1.807, 2.05) is 0 Å². The summed E-state index contributed by atoms with van der Waals surface area (Å²) in [6, 6.07) is 9.34. The number of hydrogen-bond acceptors (Lipinski definition) is 10. The van der Waals surface area contributed by atoms with E-state index in [-0.39, 0.29) is 30.4 Å². The molecule has 15 heteroatoms. The van der Waals surface area contributed by atoms with E-state index in [4.69, 9.17) is 9.47 Å². The lowest BCUT2D eigenvalue weighted by atomic mass is 9.78. The third-order valence-electron chi connectivity index (χ3n) is 7.72. The zero-order valence-electron chi connectivity index (χ0n) is 28.4. The Morgan fingerprint density at radius 3 is 1.96 bits per heavy atom. The molecule has 0 aliphatic carbocycles. The molecule has 2 aromatic carbocycles. The molecule has 3 rings (SSSR count). The van der Waals surface area contributed by atoms with Gasteiger partial charge in [0.15, 0.2) is 0 Å². The summed E-state index contributed by atoms with van der Waals surface area (Å²) in [6.45, 7) is 11.6. The Morgan fingerprint density at radius 1 is 0.857 bits per heavy atom. The van der Waals surface area contributed by atoms with E-state index in [0.29, 0.717) is 11.3 Å².